The van der Waals surface area contributed by atoms with Gasteiger partial charge in [-0.1, -0.05) is 12.1 Å². The first-order valence-electron chi connectivity index (χ1n) is 12.2. The van der Waals surface area contributed by atoms with Gasteiger partial charge in [-0.2, -0.15) is 5.26 Å². The molecule has 6 nitrogen and oxygen atoms in total. The number of anilines is 1. The number of benzene rings is 2. The molecule has 0 aliphatic carbocycles. The van der Waals surface area contributed by atoms with Gasteiger partial charge in [-0.05, 0) is 74.8 Å². The number of nitrogens with zero attached hydrogens (tertiary/aromatic N) is 4. The molecule has 1 saturated heterocycles. The zero-order valence-electron chi connectivity index (χ0n) is 20.6. The van der Waals surface area contributed by atoms with Crippen LogP contribution in [0.4, 0.5) is 10.1 Å². The predicted octanol–water partition coefficient (Wildman–Crippen LogP) is 5.76. The lowest BCUT2D eigenvalue weighted by atomic mass is 9.94. The Morgan fingerprint density at radius 1 is 1.17 bits per heavy atom. The van der Waals surface area contributed by atoms with Crippen molar-refractivity contribution >= 4 is 22.8 Å². The van der Waals surface area contributed by atoms with E-state index in [9.17, 15) is 9.65 Å². The third kappa shape index (κ3) is 4.36. The molecule has 7 heteroatoms. The van der Waals surface area contributed by atoms with E-state index in [4.69, 9.17) is 10.4 Å². The number of likely N-dealkylation sites (tertiary alicyclic amines) is 1. The Bertz CT molecular complexity index is 1470. The molecule has 3 heterocycles. The van der Waals surface area contributed by atoms with Crippen molar-refractivity contribution in [3.05, 3.63) is 71.8 Å². The van der Waals surface area contributed by atoms with E-state index in [1.807, 2.05) is 37.5 Å². The molecule has 0 radical (unpaired) electrons. The van der Waals surface area contributed by atoms with Crippen LogP contribution in [-0.2, 0) is 6.54 Å². The summed E-state index contributed by atoms with van der Waals surface area (Å²) in [6.45, 7) is 3.15. The lowest BCUT2D eigenvalue weighted by Gasteiger charge is -2.29. The second kappa shape index (κ2) is 9.92. The van der Waals surface area contributed by atoms with Gasteiger partial charge in [-0.25, -0.2) is 4.39 Å². The van der Waals surface area contributed by atoms with Crippen LogP contribution in [0, 0.1) is 28.5 Å². The van der Waals surface area contributed by atoms with Gasteiger partial charge >= 0.3 is 0 Å². The summed E-state index contributed by atoms with van der Waals surface area (Å²) >= 11 is 0. The Morgan fingerprint density at radius 2 is 1.94 bits per heavy atom. The number of nitriles is 1. The van der Waals surface area contributed by atoms with E-state index in [-0.39, 0.29) is 5.56 Å². The van der Waals surface area contributed by atoms with Crippen LogP contribution in [0.1, 0.15) is 24.0 Å². The van der Waals surface area contributed by atoms with Gasteiger partial charge in [0, 0.05) is 53.8 Å². The maximum Gasteiger partial charge on any atom is 0.141 e. The van der Waals surface area contributed by atoms with Crippen molar-refractivity contribution in [3.63, 3.8) is 0 Å². The molecule has 0 bridgehead atoms. The number of rotatable bonds is 6. The first-order valence-corrected chi connectivity index (χ1v) is 12.2. The Labute approximate surface area is 210 Å². The maximum absolute atomic E-state index is 14.7. The minimum absolute atomic E-state index is 0.0183. The quantitative estimate of drug-likeness (QED) is 0.344. The first kappa shape index (κ1) is 23.7. The van der Waals surface area contributed by atoms with Crippen molar-refractivity contribution in [2.45, 2.75) is 19.4 Å². The highest BCUT2D eigenvalue weighted by atomic mass is 19.1. The summed E-state index contributed by atoms with van der Waals surface area (Å²) in [6.07, 6.45) is 7.65. The van der Waals surface area contributed by atoms with Crippen molar-refractivity contribution in [3.8, 4) is 28.5 Å². The minimum Gasteiger partial charge on any atom is -0.388 e. The van der Waals surface area contributed by atoms with Gasteiger partial charge in [0.1, 0.15) is 11.9 Å². The fourth-order valence-corrected chi connectivity index (χ4v) is 5.17. The number of hydrogen-bond donors (Lipinski definition) is 2. The van der Waals surface area contributed by atoms with E-state index in [0.29, 0.717) is 11.5 Å². The minimum atomic E-state index is -0.547. The van der Waals surface area contributed by atoms with Gasteiger partial charge in [0.25, 0.3) is 0 Å². The van der Waals surface area contributed by atoms with Gasteiger partial charge in [0.15, 0.2) is 0 Å². The summed E-state index contributed by atoms with van der Waals surface area (Å²) in [4.78, 5) is 7.26. The number of pyridine rings is 1. The monoisotopic (exact) mass is 480 g/mol. The molecule has 5 rings (SSSR count). The average molecular weight is 481 g/mol. The number of halogens is 1. The van der Waals surface area contributed by atoms with Crippen LogP contribution in [-0.4, -0.2) is 47.9 Å². The van der Waals surface area contributed by atoms with Crippen LogP contribution < -0.4 is 5.32 Å². The lowest BCUT2D eigenvalue weighted by Crippen LogP contribution is -2.31. The van der Waals surface area contributed by atoms with Crippen LogP contribution in [0.2, 0.25) is 0 Å². The third-order valence-corrected chi connectivity index (χ3v) is 7.25. The van der Waals surface area contributed by atoms with Crippen LogP contribution in [0.25, 0.3) is 33.3 Å². The zero-order chi connectivity index (χ0) is 25.2. The molecule has 1 aliphatic rings. The molecule has 0 amide bonds. The van der Waals surface area contributed by atoms with E-state index < -0.39 is 5.82 Å². The largest absolute Gasteiger partial charge is 0.388 e. The summed E-state index contributed by atoms with van der Waals surface area (Å²) in [5.41, 5.74) is 5.68. The van der Waals surface area contributed by atoms with Crippen molar-refractivity contribution in [1.29, 1.82) is 10.7 Å². The van der Waals surface area contributed by atoms with E-state index in [1.165, 1.54) is 31.2 Å². The summed E-state index contributed by atoms with van der Waals surface area (Å²) in [5.74, 6) is 0.0611. The molecule has 0 saturated carbocycles. The normalized spacial score (nSPS) is 14.6. The topological polar surface area (TPSA) is 80.7 Å². The van der Waals surface area contributed by atoms with Gasteiger partial charge < -0.3 is 20.2 Å². The number of aromatic nitrogens is 2. The van der Waals surface area contributed by atoms with Crippen molar-refractivity contribution in [1.82, 2.24) is 14.5 Å². The molecule has 36 heavy (non-hydrogen) atoms. The molecule has 2 N–H and O–H groups in total. The van der Waals surface area contributed by atoms with E-state index in [1.54, 1.807) is 6.07 Å². The first-order chi connectivity index (χ1) is 17.5. The predicted molar refractivity (Wildman–Crippen MR) is 143 cm³/mol. The van der Waals surface area contributed by atoms with Gasteiger partial charge in [-0.15, -0.1) is 0 Å². The average Bonchev–Trinajstić information content (AvgIpc) is 3.31. The fraction of sp³-hybridized carbons (Fsp3) is 0.276. The molecule has 0 spiro atoms. The van der Waals surface area contributed by atoms with Crippen LogP contribution >= 0.6 is 0 Å². The Morgan fingerprint density at radius 3 is 2.64 bits per heavy atom. The van der Waals surface area contributed by atoms with Crippen molar-refractivity contribution in [2.75, 3.05) is 32.5 Å². The molecule has 0 unspecified atom stereocenters. The second-order valence-electron chi connectivity index (χ2n) is 9.50. The van der Waals surface area contributed by atoms with E-state index in [0.717, 1.165) is 58.6 Å². The molecule has 2 aromatic carbocycles. The molecule has 2 aromatic heterocycles. The SMILES string of the molecule is CNc1ccc(-c2ncc3c(ccn3CC3CCN(C)CC3)c2-c2ccc(C#N)c(F)c2)cc1C=N. The summed E-state index contributed by atoms with van der Waals surface area (Å²) in [6, 6.07) is 14.5. The number of piperidine rings is 1. The molecule has 4 aromatic rings. The van der Waals surface area contributed by atoms with Gasteiger partial charge in [0.2, 0.25) is 0 Å². The van der Waals surface area contributed by atoms with Crippen LogP contribution in [0.5, 0.6) is 0 Å². The Balaban J connectivity index is 1.67. The highest BCUT2D eigenvalue weighted by Gasteiger charge is 2.21. The summed E-state index contributed by atoms with van der Waals surface area (Å²) in [5, 5.41) is 21.2. The molecule has 1 aliphatic heterocycles. The Kier molecular flexibility index (Phi) is 6.53. The molecular formula is C29H29FN6. The van der Waals surface area contributed by atoms with Crippen molar-refractivity contribution in [2.24, 2.45) is 5.92 Å². The highest BCUT2D eigenvalue weighted by molar-refractivity contribution is 6.02. The maximum atomic E-state index is 14.7. The number of hydrogen-bond acceptors (Lipinski definition) is 5. The van der Waals surface area contributed by atoms with Gasteiger partial charge in [-0.3, -0.25) is 4.98 Å². The van der Waals surface area contributed by atoms with E-state index in [2.05, 4.69) is 34.1 Å². The van der Waals surface area contributed by atoms with Crippen LogP contribution in [0.3, 0.4) is 0 Å². The lowest BCUT2D eigenvalue weighted by molar-refractivity contribution is 0.206. The highest BCUT2D eigenvalue weighted by Crippen LogP contribution is 2.39. The molecule has 1 fully saturated rings. The fourth-order valence-electron chi connectivity index (χ4n) is 5.17. The number of fused-ring (bicyclic) bond motifs is 1. The van der Waals surface area contributed by atoms with Crippen molar-refractivity contribution < 1.29 is 4.39 Å². The Hall–Kier alpha value is -4.02. The van der Waals surface area contributed by atoms with Crippen LogP contribution in [0.15, 0.2) is 54.9 Å². The second-order valence-corrected chi connectivity index (χ2v) is 9.50. The van der Waals surface area contributed by atoms with Gasteiger partial charge in [0.05, 0.1) is 23.0 Å². The molecular weight excluding hydrogens is 451 g/mol. The standard InChI is InChI=1S/C29H29FN6/c1-33-26-6-5-21(13-23(26)16-32)29-28(20-3-4-22(15-31)25(30)14-20)24-9-12-36(27(24)17-34-29)18-19-7-10-35(2)11-8-19/h3-6,9,12-14,16-17,19,32-33H,7-8,10-11,18H2,1-2H3. The zero-order valence-corrected chi connectivity index (χ0v) is 20.6. The summed E-state index contributed by atoms with van der Waals surface area (Å²) < 4.78 is 17.0. The summed E-state index contributed by atoms with van der Waals surface area (Å²) in [7, 11) is 3.99. The van der Waals surface area contributed by atoms with E-state index >= 15 is 0 Å². The molecule has 182 valence electrons. The molecule has 0 atom stereocenters. The number of nitrogens with one attached hydrogen (secondary N) is 2. The smallest absolute Gasteiger partial charge is 0.141 e. The third-order valence-electron chi connectivity index (χ3n) is 7.25.